The fourth-order valence-electron chi connectivity index (χ4n) is 2.98. The second-order valence-electron chi connectivity index (χ2n) is 6.09. The normalized spacial score (nSPS) is 12.4. The van der Waals surface area contributed by atoms with E-state index in [1.54, 1.807) is 6.92 Å². The molecule has 0 spiro atoms. The van der Waals surface area contributed by atoms with Gasteiger partial charge in [-0.3, -0.25) is 9.59 Å². The molecule has 2 rings (SSSR count). The number of esters is 1. The number of benzene rings is 1. The van der Waals surface area contributed by atoms with Gasteiger partial charge in [0.05, 0.1) is 23.7 Å². The first kappa shape index (κ1) is 19.0. The summed E-state index contributed by atoms with van der Waals surface area (Å²) in [5, 5.41) is 3.03. The van der Waals surface area contributed by atoms with Gasteiger partial charge in [0.2, 0.25) is 5.91 Å². The largest absolute Gasteiger partial charge is 0.465 e. The molecule has 1 aromatic heterocycles. The van der Waals surface area contributed by atoms with Crippen molar-refractivity contribution in [2.24, 2.45) is 5.92 Å². The highest BCUT2D eigenvalue weighted by atomic mass is 16.5. The summed E-state index contributed by atoms with van der Waals surface area (Å²) in [7, 11) is 0. The summed E-state index contributed by atoms with van der Waals surface area (Å²) in [5.41, 5.74) is 1.65. The van der Waals surface area contributed by atoms with E-state index in [9.17, 15) is 9.59 Å². The third kappa shape index (κ3) is 4.38. The van der Waals surface area contributed by atoms with Crippen molar-refractivity contribution in [3.8, 4) is 0 Å². The maximum Gasteiger partial charge on any atom is 0.326 e. The fourth-order valence-corrected chi connectivity index (χ4v) is 2.98. The average molecular weight is 345 g/mol. The third-order valence-corrected chi connectivity index (χ3v) is 4.38. The first-order valence-electron chi connectivity index (χ1n) is 8.92. The van der Waals surface area contributed by atoms with Gasteiger partial charge >= 0.3 is 5.97 Å². The molecule has 1 N–H and O–H groups in total. The lowest BCUT2D eigenvalue weighted by Gasteiger charge is -2.19. The minimum Gasteiger partial charge on any atom is -0.465 e. The number of carbonyl (C=O) groups is 2. The topological polar surface area (TPSA) is 73.2 Å². The summed E-state index contributed by atoms with van der Waals surface area (Å²) in [4.78, 5) is 29.0. The number of imidazole rings is 1. The van der Waals surface area contributed by atoms with Crippen molar-refractivity contribution in [3.63, 3.8) is 0 Å². The molecule has 1 unspecified atom stereocenters. The Morgan fingerprint density at radius 3 is 2.52 bits per heavy atom. The van der Waals surface area contributed by atoms with Crippen molar-refractivity contribution >= 4 is 22.9 Å². The number of nitrogens with one attached hydrogen (secondary N) is 1. The molecule has 2 aromatic rings. The number of amides is 1. The molecule has 0 radical (unpaired) electrons. The molecule has 1 heterocycles. The minimum absolute atomic E-state index is 0.00895. The molecule has 1 atom stereocenters. The van der Waals surface area contributed by atoms with Crippen molar-refractivity contribution in [2.75, 3.05) is 6.61 Å². The van der Waals surface area contributed by atoms with Crippen LogP contribution in [0.25, 0.3) is 11.0 Å². The number of fused-ring (bicyclic) bond motifs is 1. The molecule has 0 bridgehead atoms. The quantitative estimate of drug-likeness (QED) is 0.746. The van der Waals surface area contributed by atoms with Crippen LogP contribution in [0.3, 0.4) is 0 Å². The lowest BCUT2D eigenvalue weighted by Crippen LogP contribution is -2.34. The maximum atomic E-state index is 12.4. The Morgan fingerprint density at radius 2 is 1.88 bits per heavy atom. The molecule has 0 saturated carbocycles. The number of hydrogen-bond donors (Lipinski definition) is 1. The van der Waals surface area contributed by atoms with E-state index in [2.05, 4.69) is 10.3 Å². The first-order chi connectivity index (χ1) is 12.0. The van der Waals surface area contributed by atoms with Gasteiger partial charge in [-0.25, -0.2) is 4.98 Å². The number of nitrogens with zero attached hydrogens (tertiary/aromatic N) is 2. The smallest absolute Gasteiger partial charge is 0.326 e. The Balaban J connectivity index is 2.32. The SMILES string of the molecule is CCOC(=O)Cn1c(C(C)NC(=O)C(CC)CC)nc2ccccc21. The number of aromatic nitrogens is 2. The van der Waals surface area contributed by atoms with E-state index < -0.39 is 0 Å². The monoisotopic (exact) mass is 345 g/mol. The van der Waals surface area contributed by atoms with E-state index in [1.165, 1.54) is 0 Å². The first-order valence-corrected chi connectivity index (χ1v) is 8.92. The second-order valence-corrected chi connectivity index (χ2v) is 6.09. The fraction of sp³-hybridized carbons (Fsp3) is 0.526. The van der Waals surface area contributed by atoms with Gasteiger partial charge in [-0.15, -0.1) is 0 Å². The Kier molecular flexibility index (Phi) is 6.56. The Hall–Kier alpha value is -2.37. The number of carbonyl (C=O) groups excluding carboxylic acids is 2. The summed E-state index contributed by atoms with van der Waals surface area (Å²) < 4.78 is 6.90. The molecule has 0 saturated heterocycles. The van der Waals surface area contributed by atoms with E-state index in [1.807, 2.05) is 49.6 Å². The van der Waals surface area contributed by atoms with Gasteiger partial charge in [0.15, 0.2) is 0 Å². The molecule has 0 aliphatic rings. The van der Waals surface area contributed by atoms with E-state index in [4.69, 9.17) is 4.74 Å². The average Bonchev–Trinajstić information content (AvgIpc) is 2.95. The molecule has 0 aliphatic heterocycles. The summed E-state index contributed by atoms with van der Waals surface area (Å²) in [6.07, 6.45) is 1.60. The highest BCUT2D eigenvalue weighted by molar-refractivity contribution is 5.80. The van der Waals surface area contributed by atoms with Crippen LogP contribution >= 0.6 is 0 Å². The van der Waals surface area contributed by atoms with Crippen molar-refractivity contribution in [3.05, 3.63) is 30.1 Å². The zero-order valence-corrected chi connectivity index (χ0v) is 15.4. The van der Waals surface area contributed by atoms with E-state index >= 15 is 0 Å². The standard InChI is InChI=1S/C19H27N3O3/c1-5-14(6-2)19(24)20-13(4)18-21-15-10-8-9-11-16(15)22(18)12-17(23)25-7-3/h8-11,13-14H,5-7,12H2,1-4H3,(H,20,24). The zero-order valence-electron chi connectivity index (χ0n) is 15.4. The summed E-state index contributed by atoms with van der Waals surface area (Å²) >= 11 is 0. The lowest BCUT2D eigenvalue weighted by molar-refractivity contribution is -0.143. The van der Waals surface area contributed by atoms with Crippen molar-refractivity contribution in [2.45, 2.75) is 53.1 Å². The summed E-state index contributed by atoms with van der Waals surface area (Å²) in [6.45, 7) is 8.10. The van der Waals surface area contributed by atoms with Crippen LogP contribution in [0.5, 0.6) is 0 Å². The van der Waals surface area contributed by atoms with Crippen LogP contribution in [-0.2, 0) is 20.9 Å². The van der Waals surface area contributed by atoms with E-state index in [-0.39, 0.29) is 30.4 Å². The molecular formula is C19H27N3O3. The molecular weight excluding hydrogens is 318 g/mol. The van der Waals surface area contributed by atoms with E-state index in [0.29, 0.717) is 12.4 Å². The van der Waals surface area contributed by atoms with Crippen LogP contribution in [0.4, 0.5) is 0 Å². The minimum atomic E-state index is -0.314. The number of rotatable bonds is 8. The predicted octanol–water partition coefficient (Wildman–Crippen LogP) is 3.21. The molecule has 6 heteroatoms. The molecule has 136 valence electrons. The Labute approximate surface area is 148 Å². The number of para-hydroxylation sites is 2. The molecule has 1 aromatic carbocycles. The van der Waals surface area contributed by atoms with Crippen LogP contribution in [0.1, 0.15) is 52.4 Å². The van der Waals surface area contributed by atoms with Gasteiger partial charge in [-0.05, 0) is 38.8 Å². The third-order valence-electron chi connectivity index (χ3n) is 4.38. The molecule has 6 nitrogen and oxygen atoms in total. The van der Waals surface area contributed by atoms with Gasteiger partial charge in [0, 0.05) is 5.92 Å². The molecule has 1 amide bonds. The van der Waals surface area contributed by atoms with Crippen molar-refractivity contribution in [1.29, 1.82) is 0 Å². The maximum absolute atomic E-state index is 12.4. The van der Waals surface area contributed by atoms with Crippen LogP contribution in [0.2, 0.25) is 0 Å². The highest BCUT2D eigenvalue weighted by Crippen LogP contribution is 2.21. The highest BCUT2D eigenvalue weighted by Gasteiger charge is 2.22. The number of ether oxygens (including phenoxy) is 1. The van der Waals surface area contributed by atoms with Crippen molar-refractivity contribution in [1.82, 2.24) is 14.9 Å². The molecule has 0 fully saturated rings. The lowest BCUT2D eigenvalue weighted by atomic mass is 10.0. The second kappa shape index (κ2) is 8.65. The van der Waals surface area contributed by atoms with Gasteiger partial charge in [0.1, 0.15) is 12.4 Å². The van der Waals surface area contributed by atoms with Crippen LogP contribution in [-0.4, -0.2) is 28.0 Å². The molecule has 0 aliphatic carbocycles. The van der Waals surface area contributed by atoms with Crippen LogP contribution in [0, 0.1) is 5.92 Å². The van der Waals surface area contributed by atoms with Crippen molar-refractivity contribution < 1.29 is 14.3 Å². The van der Waals surface area contributed by atoms with E-state index in [0.717, 1.165) is 23.9 Å². The van der Waals surface area contributed by atoms with Crippen LogP contribution in [0.15, 0.2) is 24.3 Å². The molecule has 25 heavy (non-hydrogen) atoms. The van der Waals surface area contributed by atoms with Crippen LogP contribution < -0.4 is 5.32 Å². The zero-order chi connectivity index (χ0) is 18.4. The summed E-state index contributed by atoms with van der Waals surface area (Å²) in [6, 6.07) is 7.33. The predicted molar refractivity (Wildman–Crippen MR) is 97.0 cm³/mol. The Bertz CT molecular complexity index is 735. The Morgan fingerprint density at radius 1 is 1.20 bits per heavy atom. The van der Waals surface area contributed by atoms with Gasteiger partial charge in [-0.1, -0.05) is 26.0 Å². The van der Waals surface area contributed by atoms with Gasteiger partial charge < -0.3 is 14.6 Å². The van der Waals surface area contributed by atoms with Gasteiger partial charge in [0.25, 0.3) is 0 Å². The summed E-state index contributed by atoms with van der Waals surface area (Å²) in [5.74, 6) is 0.358. The van der Waals surface area contributed by atoms with Gasteiger partial charge in [-0.2, -0.15) is 0 Å². The number of hydrogen-bond acceptors (Lipinski definition) is 4.